The maximum atomic E-state index is 12.3. The van der Waals surface area contributed by atoms with Crippen molar-refractivity contribution in [2.45, 2.75) is 19.9 Å². The van der Waals surface area contributed by atoms with Crippen molar-refractivity contribution in [2.24, 2.45) is 0 Å². The summed E-state index contributed by atoms with van der Waals surface area (Å²) in [6.45, 7) is 6.06. The Morgan fingerprint density at radius 2 is 1.85 bits per heavy atom. The lowest BCUT2D eigenvalue weighted by Crippen LogP contribution is -2.40. The molecule has 0 unspecified atom stereocenters. The largest absolute Gasteiger partial charge is 0.461 e. The fraction of sp³-hybridized carbons (Fsp3) is 0.316. The summed E-state index contributed by atoms with van der Waals surface area (Å²) in [5.74, 6) is -0.746. The summed E-state index contributed by atoms with van der Waals surface area (Å²) >= 11 is 0. The fourth-order valence-electron chi connectivity index (χ4n) is 3.13. The van der Waals surface area contributed by atoms with Gasteiger partial charge in [0.15, 0.2) is 0 Å². The number of carbonyl (C=O) groups excluding carboxylic acids is 3. The Balaban J connectivity index is 1.78. The van der Waals surface area contributed by atoms with E-state index in [1.165, 1.54) is 6.08 Å². The number of fused-ring (bicyclic) bond motifs is 1. The molecule has 1 aromatic heterocycles. The van der Waals surface area contributed by atoms with Gasteiger partial charge in [0.05, 0.1) is 6.67 Å². The van der Waals surface area contributed by atoms with Crippen molar-refractivity contribution in [1.29, 1.82) is 0 Å². The van der Waals surface area contributed by atoms with E-state index in [1.54, 1.807) is 7.05 Å². The molecule has 7 nitrogen and oxygen atoms in total. The molecule has 4 amide bonds. The molecule has 26 heavy (non-hydrogen) atoms. The molecule has 0 radical (unpaired) electrons. The van der Waals surface area contributed by atoms with Crippen LogP contribution in [0.1, 0.15) is 18.2 Å². The van der Waals surface area contributed by atoms with Gasteiger partial charge in [-0.2, -0.15) is 0 Å². The normalized spacial score (nSPS) is 15.0. The first kappa shape index (κ1) is 17.9. The third-order valence-electron chi connectivity index (χ3n) is 4.36. The van der Waals surface area contributed by atoms with Crippen LogP contribution < -0.4 is 0 Å². The molecule has 2 aromatic rings. The Labute approximate surface area is 151 Å². The van der Waals surface area contributed by atoms with Crippen LogP contribution in [0.4, 0.5) is 4.79 Å². The molecule has 0 saturated carbocycles. The highest BCUT2D eigenvalue weighted by molar-refractivity contribution is 6.44. The molecule has 7 heteroatoms. The van der Waals surface area contributed by atoms with Gasteiger partial charge in [-0.05, 0) is 13.1 Å². The third-order valence-corrected chi connectivity index (χ3v) is 4.36. The molecule has 136 valence electrons. The second-order valence-corrected chi connectivity index (χ2v) is 6.23. The van der Waals surface area contributed by atoms with Gasteiger partial charge in [0, 0.05) is 30.5 Å². The summed E-state index contributed by atoms with van der Waals surface area (Å²) in [5, 5.41) is 1.01. The Morgan fingerprint density at radius 1 is 1.15 bits per heavy atom. The Morgan fingerprint density at radius 3 is 2.54 bits per heavy atom. The second-order valence-electron chi connectivity index (χ2n) is 6.23. The number of hydrogen-bond acceptors (Lipinski definition) is 5. The van der Waals surface area contributed by atoms with Crippen molar-refractivity contribution in [3.05, 3.63) is 48.2 Å². The Hall–Kier alpha value is -2.93. The highest BCUT2D eigenvalue weighted by atomic mass is 16.3. The van der Waals surface area contributed by atoms with E-state index in [0.717, 1.165) is 38.5 Å². The van der Waals surface area contributed by atoms with Crippen LogP contribution in [0.25, 0.3) is 11.0 Å². The van der Waals surface area contributed by atoms with Crippen molar-refractivity contribution < 1.29 is 18.8 Å². The number of benzene rings is 1. The first-order valence-corrected chi connectivity index (χ1v) is 8.44. The van der Waals surface area contributed by atoms with E-state index in [1.807, 2.05) is 36.1 Å². The van der Waals surface area contributed by atoms with Gasteiger partial charge in [0.25, 0.3) is 0 Å². The van der Waals surface area contributed by atoms with E-state index in [9.17, 15) is 14.4 Å². The summed E-state index contributed by atoms with van der Waals surface area (Å²) in [5.41, 5.74) is 1.84. The van der Waals surface area contributed by atoms with E-state index in [2.05, 4.69) is 6.58 Å². The average Bonchev–Trinajstić information content (AvgIpc) is 3.08. The lowest BCUT2D eigenvalue weighted by atomic mass is 10.1. The highest BCUT2D eigenvalue weighted by Crippen LogP contribution is 2.27. The first-order chi connectivity index (χ1) is 12.5. The molecule has 0 bridgehead atoms. The first-order valence-electron chi connectivity index (χ1n) is 8.44. The number of para-hydroxylation sites is 1. The monoisotopic (exact) mass is 355 g/mol. The van der Waals surface area contributed by atoms with Gasteiger partial charge in [0.1, 0.15) is 11.3 Å². The molecule has 1 aromatic carbocycles. The summed E-state index contributed by atoms with van der Waals surface area (Å²) in [7, 11) is 1.79. The molecule has 1 aliphatic rings. The number of aryl methyl sites for hydroxylation is 1. The zero-order valence-electron chi connectivity index (χ0n) is 14.9. The Kier molecular flexibility index (Phi) is 4.90. The van der Waals surface area contributed by atoms with Crippen LogP contribution in [-0.4, -0.2) is 52.8 Å². The lowest BCUT2D eigenvalue weighted by molar-refractivity contribution is -0.143. The summed E-state index contributed by atoms with van der Waals surface area (Å²) in [4.78, 5) is 40.0. The second kappa shape index (κ2) is 7.13. The van der Waals surface area contributed by atoms with Crippen LogP contribution in [0, 0.1) is 0 Å². The number of nitrogens with zero attached hydrogens (tertiary/aromatic N) is 3. The number of rotatable bonds is 7. The molecule has 3 rings (SSSR count). The number of carbonyl (C=O) groups is 3. The summed E-state index contributed by atoms with van der Waals surface area (Å²) in [6, 6.07) is 7.15. The fourth-order valence-corrected chi connectivity index (χ4v) is 3.13. The predicted octanol–water partition coefficient (Wildman–Crippen LogP) is 2.36. The van der Waals surface area contributed by atoms with Crippen LogP contribution >= 0.6 is 0 Å². The SMILES string of the molecule is C=CCN1C(=O)C(=O)N(CN(C)Cc2c(CC)oc3ccccc23)C1=O. The molecular weight excluding hydrogens is 334 g/mol. The van der Waals surface area contributed by atoms with E-state index in [-0.39, 0.29) is 13.2 Å². The standard InChI is InChI=1S/C19H21N3O4/c1-4-10-21-17(23)18(24)22(19(21)25)12-20(3)11-14-13-8-6-7-9-16(13)26-15(14)5-2/h4,6-9H,1,5,10-12H2,2-3H3. The van der Waals surface area contributed by atoms with Crippen LogP contribution in [0.2, 0.25) is 0 Å². The molecule has 0 atom stereocenters. The minimum atomic E-state index is -0.814. The number of amides is 4. The topological polar surface area (TPSA) is 74.1 Å². The van der Waals surface area contributed by atoms with Gasteiger partial charge in [-0.15, -0.1) is 6.58 Å². The molecule has 1 fully saturated rings. The summed E-state index contributed by atoms with van der Waals surface area (Å²) < 4.78 is 5.88. The van der Waals surface area contributed by atoms with Crippen LogP contribution in [0.15, 0.2) is 41.3 Å². The molecule has 2 heterocycles. The van der Waals surface area contributed by atoms with Crippen molar-refractivity contribution in [3.8, 4) is 0 Å². The minimum Gasteiger partial charge on any atom is -0.461 e. The number of urea groups is 1. The zero-order valence-corrected chi connectivity index (χ0v) is 14.9. The van der Waals surface area contributed by atoms with Gasteiger partial charge < -0.3 is 4.42 Å². The van der Waals surface area contributed by atoms with E-state index >= 15 is 0 Å². The van der Waals surface area contributed by atoms with Gasteiger partial charge in [-0.1, -0.05) is 31.2 Å². The molecular formula is C19H21N3O4. The maximum Gasteiger partial charge on any atom is 0.335 e. The predicted molar refractivity (Wildman–Crippen MR) is 96.1 cm³/mol. The summed E-state index contributed by atoms with van der Waals surface area (Å²) in [6.07, 6.45) is 2.16. The minimum absolute atomic E-state index is 0.0238. The van der Waals surface area contributed by atoms with Crippen LogP contribution in [0.3, 0.4) is 0 Å². The zero-order chi connectivity index (χ0) is 18.8. The van der Waals surface area contributed by atoms with E-state index in [0.29, 0.717) is 6.54 Å². The third kappa shape index (κ3) is 3.01. The van der Waals surface area contributed by atoms with Crippen molar-refractivity contribution >= 4 is 28.8 Å². The highest BCUT2D eigenvalue weighted by Gasteiger charge is 2.44. The van der Waals surface area contributed by atoms with Crippen LogP contribution in [-0.2, 0) is 22.6 Å². The average molecular weight is 355 g/mol. The van der Waals surface area contributed by atoms with Gasteiger partial charge in [-0.3, -0.25) is 19.4 Å². The maximum absolute atomic E-state index is 12.3. The number of hydrogen-bond donors (Lipinski definition) is 0. The molecule has 1 saturated heterocycles. The smallest absolute Gasteiger partial charge is 0.335 e. The van der Waals surface area contributed by atoms with E-state index in [4.69, 9.17) is 4.42 Å². The van der Waals surface area contributed by atoms with Crippen molar-refractivity contribution in [3.63, 3.8) is 0 Å². The Bertz CT molecular complexity index is 886. The van der Waals surface area contributed by atoms with Crippen LogP contribution in [0.5, 0.6) is 0 Å². The number of furan rings is 1. The quantitative estimate of drug-likeness (QED) is 0.433. The molecule has 1 aliphatic heterocycles. The van der Waals surface area contributed by atoms with E-state index < -0.39 is 17.8 Å². The molecule has 0 spiro atoms. The van der Waals surface area contributed by atoms with Gasteiger partial charge in [-0.25, -0.2) is 9.69 Å². The van der Waals surface area contributed by atoms with Gasteiger partial charge in [0.2, 0.25) is 0 Å². The molecule has 0 aliphatic carbocycles. The molecule has 0 N–H and O–H groups in total. The van der Waals surface area contributed by atoms with Gasteiger partial charge >= 0.3 is 17.8 Å². The number of imide groups is 2. The van der Waals surface area contributed by atoms with Crippen molar-refractivity contribution in [1.82, 2.24) is 14.7 Å². The lowest BCUT2D eigenvalue weighted by Gasteiger charge is -2.22. The van der Waals surface area contributed by atoms with Crippen molar-refractivity contribution in [2.75, 3.05) is 20.3 Å².